The highest BCUT2D eigenvalue weighted by atomic mass is 32.2. The summed E-state index contributed by atoms with van der Waals surface area (Å²) in [5.41, 5.74) is 0. The van der Waals surface area contributed by atoms with E-state index in [1.165, 1.54) is 18.9 Å². The molecule has 0 aliphatic carbocycles. The van der Waals surface area contributed by atoms with Crippen LogP contribution in [0.3, 0.4) is 0 Å². The Morgan fingerprint density at radius 3 is 2.86 bits per heavy atom. The summed E-state index contributed by atoms with van der Waals surface area (Å²) >= 11 is 6.55. The Labute approximate surface area is 95.0 Å². The third-order valence-corrected chi connectivity index (χ3v) is 2.88. The van der Waals surface area contributed by atoms with Gasteiger partial charge in [0.2, 0.25) is 0 Å². The van der Waals surface area contributed by atoms with E-state index in [9.17, 15) is 4.79 Å². The van der Waals surface area contributed by atoms with Gasteiger partial charge in [-0.3, -0.25) is 4.79 Å². The van der Waals surface area contributed by atoms with E-state index in [4.69, 9.17) is 12.2 Å². The molecule has 0 unspecified atom stereocenters. The lowest BCUT2D eigenvalue weighted by Gasteiger charge is -2.05. The maximum absolute atomic E-state index is 10.8. The van der Waals surface area contributed by atoms with Crippen molar-refractivity contribution in [2.24, 2.45) is 0 Å². The van der Waals surface area contributed by atoms with Crippen LogP contribution in [0.2, 0.25) is 0 Å². The van der Waals surface area contributed by atoms with E-state index < -0.39 is 0 Å². The van der Waals surface area contributed by atoms with Crippen molar-refractivity contribution in [3.8, 4) is 0 Å². The molecule has 0 aliphatic heterocycles. The number of hydrogen-bond donors (Lipinski definition) is 1. The molecule has 0 aromatic heterocycles. The second-order valence-corrected chi connectivity index (χ2v) is 4.51. The van der Waals surface area contributed by atoms with E-state index in [-0.39, 0.29) is 5.97 Å². The Balaban J connectivity index is 3.31. The second kappa shape index (κ2) is 9.27. The maximum atomic E-state index is 10.8. The van der Waals surface area contributed by atoms with Gasteiger partial charge in [-0.05, 0) is 6.42 Å². The predicted molar refractivity (Wildman–Crippen MR) is 64.6 cm³/mol. The zero-order chi connectivity index (χ0) is 10.8. The van der Waals surface area contributed by atoms with Crippen molar-refractivity contribution >= 4 is 34.3 Å². The van der Waals surface area contributed by atoms with Gasteiger partial charge in [0.15, 0.2) is 0 Å². The van der Waals surface area contributed by atoms with Crippen LogP contribution in [-0.2, 0) is 9.53 Å². The van der Waals surface area contributed by atoms with E-state index in [0.29, 0.717) is 12.2 Å². The number of thioether (sulfide) groups is 1. The molecule has 5 heteroatoms. The molecule has 0 amide bonds. The van der Waals surface area contributed by atoms with Crippen molar-refractivity contribution in [2.75, 3.05) is 19.4 Å². The molecule has 0 spiro atoms. The molecule has 0 atom stereocenters. The summed E-state index contributed by atoms with van der Waals surface area (Å²) in [5.74, 6) is 0.499. The van der Waals surface area contributed by atoms with Crippen LogP contribution in [0.15, 0.2) is 0 Å². The molecule has 0 saturated carbocycles. The van der Waals surface area contributed by atoms with Gasteiger partial charge in [-0.2, -0.15) is 0 Å². The minimum absolute atomic E-state index is 0.186. The van der Waals surface area contributed by atoms with E-state index in [1.807, 2.05) is 0 Å². The summed E-state index contributed by atoms with van der Waals surface area (Å²) in [7, 11) is 1.39. The fourth-order valence-electron chi connectivity index (χ4n) is 0.747. The molecule has 0 saturated heterocycles. The van der Waals surface area contributed by atoms with Crippen molar-refractivity contribution in [1.29, 1.82) is 0 Å². The molecule has 14 heavy (non-hydrogen) atoms. The molecule has 1 N–H and O–H groups in total. The van der Waals surface area contributed by atoms with E-state index in [1.54, 1.807) is 0 Å². The van der Waals surface area contributed by atoms with Crippen molar-refractivity contribution in [3.05, 3.63) is 0 Å². The summed E-state index contributed by atoms with van der Waals surface area (Å²) < 4.78 is 5.28. The van der Waals surface area contributed by atoms with Gasteiger partial charge in [-0.1, -0.05) is 37.3 Å². The Morgan fingerprint density at radius 1 is 1.57 bits per heavy atom. The molecular formula is C9H17NO2S2. The largest absolute Gasteiger partial charge is 0.469 e. The molecular weight excluding hydrogens is 218 g/mol. The van der Waals surface area contributed by atoms with Crippen molar-refractivity contribution < 1.29 is 9.53 Å². The van der Waals surface area contributed by atoms with Gasteiger partial charge < -0.3 is 10.1 Å². The van der Waals surface area contributed by atoms with Crippen LogP contribution in [-0.4, -0.2) is 29.7 Å². The summed E-state index contributed by atoms with van der Waals surface area (Å²) in [5, 5.41) is 3.12. The number of rotatable bonds is 6. The summed E-state index contributed by atoms with van der Waals surface area (Å²) in [6, 6.07) is 0. The van der Waals surface area contributed by atoms with Crippen LogP contribution in [0.25, 0.3) is 0 Å². The van der Waals surface area contributed by atoms with Crippen molar-refractivity contribution in [1.82, 2.24) is 5.32 Å². The molecule has 82 valence electrons. The number of unbranched alkanes of at least 4 members (excludes halogenated alkanes) is 1. The van der Waals surface area contributed by atoms with Gasteiger partial charge in [0.05, 0.1) is 13.5 Å². The van der Waals surface area contributed by atoms with E-state index in [2.05, 4.69) is 17.0 Å². The third kappa shape index (κ3) is 8.31. The average Bonchev–Trinajstić information content (AvgIpc) is 2.18. The molecule has 0 radical (unpaired) electrons. The minimum atomic E-state index is -0.186. The standard InChI is InChI=1S/C9H17NO2S2/c1-3-4-6-10-9(13)14-7-5-8(11)12-2/h3-7H2,1-2H3,(H,10,13). The quantitative estimate of drug-likeness (QED) is 0.433. The summed E-state index contributed by atoms with van der Waals surface area (Å²) in [6.45, 7) is 3.05. The predicted octanol–water partition coefficient (Wildman–Crippen LogP) is 1.96. The van der Waals surface area contributed by atoms with Crippen LogP contribution < -0.4 is 5.32 Å². The molecule has 0 aromatic rings. The summed E-state index contributed by atoms with van der Waals surface area (Å²) in [4.78, 5) is 10.8. The average molecular weight is 235 g/mol. The van der Waals surface area contributed by atoms with Gasteiger partial charge in [0.1, 0.15) is 4.32 Å². The number of ether oxygens (including phenoxy) is 1. The molecule has 0 aliphatic rings. The molecule has 0 aromatic carbocycles. The number of carbonyl (C=O) groups is 1. The lowest BCUT2D eigenvalue weighted by atomic mass is 10.3. The fraction of sp³-hybridized carbons (Fsp3) is 0.778. The highest BCUT2D eigenvalue weighted by Gasteiger charge is 2.01. The number of methoxy groups -OCH3 is 1. The number of nitrogens with one attached hydrogen (secondary N) is 1. The maximum Gasteiger partial charge on any atom is 0.306 e. The molecule has 0 fully saturated rings. The highest BCUT2D eigenvalue weighted by Crippen LogP contribution is 2.04. The molecule has 3 nitrogen and oxygen atoms in total. The van der Waals surface area contributed by atoms with Gasteiger partial charge in [-0.15, -0.1) is 0 Å². The Kier molecular flexibility index (Phi) is 9.08. The molecule has 0 heterocycles. The van der Waals surface area contributed by atoms with Gasteiger partial charge in [0.25, 0.3) is 0 Å². The smallest absolute Gasteiger partial charge is 0.306 e. The Hall–Kier alpha value is -0.290. The minimum Gasteiger partial charge on any atom is -0.469 e. The van der Waals surface area contributed by atoms with Gasteiger partial charge in [-0.25, -0.2) is 0 Å². The summed E-state index contributed by atoms with van der Waals surface area (Å²) in [6.07, 6.45) is 2.69. The number of thiocarbonyl (C=S) groups is 1. The molecule has 0 bridgehead atoms. The first kappa shape index (κ1) is 13.7. The molecule has 0 rings (SSSR count). The lowest BCUT2D eigenvalue weighted by Crippen LogP contribution is -2.20. The first-order valence-corrected chi connectivity index (χ1v) is 6.07. The van der Waals surface area contributed by atoms with Crippen LogP contribution in [0.1, 0.15) is 26.2 Å². The SMILES string of the molecule is CCCCNC(=S)SCCC(=O)OC. The Bertz CT molecular complexity index is 186. The number of hydrogen-bond acceptors (Lipinski definition) is 4. The van der Waals surface area contributed by atoms with E-state index in [0.717, 1.165) is 23.7 Å². The fourth-order valence-corrected chi connectivity index (χ4v) is 1.76. The van der Waals surface area contributed by atoms with Crippen LogP contribution >= 0.6 is 24.0 Å². The monoisotopic (exact) mass is 235 g/mol. The Morgan fingerprint density at radius 2 is 2.29 bits per heavy atom. The van der Waals surface area contributed by atoms with Crippen molar-refractivity contribution in [2.45, 2.75) is 26.2 Å². The second-order valence-electron chi connectivity index (χ2n) is 2.74. The number of esters is 1. The zero-order valence-corrected chi connectivity index (χ0v) is 10.3. The highest BCUT2D eigenvalue weighted by molar-refractivity contribution is 8.22. The first-order valence-electron chi connectivity index (χ1n) is 4.68. The van der Waals surface area contributed by atoms with Crippen LogP contribution in [0.5, 0.6) is 0 Å². The van der Waals surface area contributed by atoms with E-state index >= 15 is 0 Å². The van der Waals surface area contributed by atoms with Crippen LogP contribution in [0, 0.1) is 0 Å². The van der Waals surface area contributed by atoms with Crippen LogP contribution in [0.4, 0.5) is 0 Å². The first-order chi connectivity index (χ1) is 6.70. The van der Waals surface area contributed by atoms with Gasteiger partial charge in [0, 0.05) is 12.3 Å². The third-order valence-electron chi connectivity index (χ3n) is 1.57. The van der Waals surface area contributed by atoms with Gasteiger partial charge >= 0.3 is 5.97 Å². The number of carbonyl (C=O) groups excluding carboxylic acids is 1. The topological polar surface area (TPSA) is 38.3 Å². The van der Waals surface area contributed by atoms with Crippen molar-refractivity contribution in [3.63, 3.8) is 0 Å². The lowest BCUT2D eigenvalue weighted by molar-refractivity contribution is -0.140. The zero-order valence-electron chi connectivity index (χ0n) is 8.67. The normalized spacial score (nSPS) is 9.57.